The molecular weight excluding hydrogens is 295 g/mol. The molecule has 0 amide bonds. The van der Waals surface area contributed by atoms with Gasteiger partial charge in [0, 0.05) is 20.2 Å². The summed E-state index contributed by atoms with van der Waals surface area (Å²) in [5, 5.41) is 0. The second kappa shape index (κ2) is 5.90. The minimum atomic E-state index is -3.68. The lowest BCUT2D eigenvalue weighted by molar-refractivity contribution is 0.0184. The quantitative estimate of drug-likeness (QED) is 0.863. The van der Waals surface area contributed by atoms with E-state index in [0.29, 0.717) is 19.0 Å². The van der Waals surface area contributed by atoms with Crippen molar-refractivity contribution in [3.63, 3.8) is 0 Å². The first-order chi connectivity index (χ1) is 9.77. The first-order valence-corrected chi connectivity index (χ1v) is 8.30. The fourth-order valence-corrected chi connectivity index (χ4v) is 4.18. The highest BCUT2D eigenvalue weighted by molar-refractivity contribution is 7.89. The lowest BCUT2D eigenvalue weighted by atomic mass is 9.97. The normalized spacial score (nSPS) is 24.2. The second-order valence-corrected chi connectivity index (χ2v) is 7.48. The van der Waals surface area contributed by atoms with Crippen LogP contribution in [-0.4, -0.2) is 39.0 Å². The molecule has 1 aromatic carbocycles. The number of nitrogens with zero attached hydrogens (tertiary/aromatic N) is 1. The van der Waals surface area contributed by atoms with Crippen molar-refractivity contribution in [2.24, 2.45) is 5.92 Å². The molecule has 0 bridgehead atoms. The molecule has 0 aliphatic carbocycles. The molecule has 1 aliphatic heterocycles. The molecule has 1 heterocycles. The minimum Gasteiger partial charge on any atom is -0.396 e. The predicted molar refractivity (Wildman–Crippen MR) is 78.9 cm³/mol. The van der Waals surface area contributed by atoms with Crippen LogP contribution in [0.4, 0.5) is 10.1 Å². The molecule has 5 nitrogen and oxygen atoms in total. The lowest BCUT2D eigenvalue weighted by Crippen LogP contribution is -2.46. The molecule has 1 fully saturated rings. The van der Waals surface area contributed by atoms with Gasteiger partial charge in [-0.25, -0.2) is 12.8 Å². The van der Waals surface area contributed by atoms with Gasteiger partial charge in [0.25, 0.3) is 0 Å². The summed E-state index contributed by atoms with van der Waals surface area (Å²) in [6, 6.07) is 2.50. The van der Waals surface area contributed by atoms with Crippen LogP contribution in [-0.2, 0) is 14.8 Å². The number of aryl methyl sites for hydroxylation is 1. The number of benzene rings is 1. The Labute approximate surface area is 124 Å². The van der Waals surface area contributed by atoms with Gasteiger partial charge in [-0.1, -0.05) is 6.92 Å². The summed E-state index contributed by atoms with van der Waals surface area (Å²) in [4.78, 5) is 0.0308. The summed E-state index contributed by atoms with van der Waals surface area (Å²) in [5.74, 6) is -0.266. The molecule has 1 saturated heterocycles. The van der Waals surface area contributed by atoms with Gasteiger partial charge in [-0.05, 0) is 37.0 Å². The maximum Gasteiger partial charge on any atom is 0.243 e. The van der Waals surface area contributed by atoms with Gasteiger partial charge in [-0.15, -0.1) is 0 Å². The SMILES string of the molecule is COC1CN(S(=O)(=O)c2cc(C)c(F)c(N)c2)CCC1C. The maximum absolute atomic E-state index is 13.6. The maximum atomic E-state index is 13.6. The van der Waals surface area contributed by atoms with Crippen LogP contribution < -0.4 is 5.73 Å². The molecule has 21 heavy (non-hydrogen) atoms. The van der Waals surface area contributed by atoms with Crippen LogP contribution in [0, 0.1) is 18.7 Å². The molecule has 2 rings (SSSR count). The van der Waals surface area contributed by atoms with Crippen LogP contribution in [0.25, 0.3) is 0 Å². The zero-order valence-electron chi connectivity index (χ0n) is 12.5. The average molecular weight is 316 g/mol. The highest BCUT2D eigenvalue weighted by Crippen LogP contribution is 2.28. The summed E-state index contributed by atoms with van der Waals surface area (Å²) in [7, 11) is -2.10. The molecule has 0 aromatic heterocycles. The second-order valence-electron chi connectivity index (χ2n) is 5.55. The Morgan fingerprint density at radius 1 is 1.43 bits per heavy atom. The highest BCUT2D eigenvalue weighted by Gasteiger charge is 2.34. The van der Waals surface area contributed by atoms with E-state index in [1.807, 2.05) is 6.92 Å². The molecule has 0 saturated carbocycles. The number of rotatable bonds is 3. The molecule has 0 spiro atoms. The van der Waals surface area contributed by atoms with E-state index < -0.39 is 15.8 Å². The van der Waals surface area contributed by atoms with Crippen LogP contribution in [0.3, 0.4) is 0 Å². The first kappa shape index (κ1) is 16.2. The van der Waals surface area contributed by atoms with Crippen LogP contribution in [0.1, 0.15) is 18.9 Å². The largest absolute Gasteiger partial charge is 0.396 e. The van der Waals surface area contributed by atoms with Crippen LogP contribution in [0.5, 0.6) is 0 Å². The first-order valence-electron chi connectivity index (χ1n) is 6.86. The summed E-state index contributed by atoms with van der Waals surface area (Å²) < 4.78 is 45.6. The monoisotopic (exact) mass is 316 g/mol. The van der Waals surface area contributed by atoms with Gasteiger partial charge in [-0.3, -0.25) is 0 Å². The van der Waals surface area contributed by atoms with E-state index in [1.165, 1.54) is 23.4 Å². The Hall–Kier alpha value is -1.18. The number of ether oxygens (including phenoxy) is 1. The van der Waals surface area contributed by atoms with Crippen LogP contribution in [0.15, 0.2) is 17.0 Å². The van der Waals surface area contributed by atoms with Crippen LogP contribution >= 0.6 is 0 Å². The molecule has 7 heteroatoms. The van der Waals surface area contributed by atoms with E-state index in [2.05, 4.69) is 0 Å². The van der Waals surface area contributed by atoms with Gasteiger partial charge in [-0.2, -0.15) is 4.31 Å². The van der Waals surface area contributed by atoms with Crippen molar-refractivity contribution in [2.75, 3.05) is 25.9 Å². The summed E-state index contributed by atoms with van der Waals surface area (Å²) in [5.41, 5.74) is 5.61. The summed E-state index contributed by atoms with van der Waals surface area (Å²) >= 11 is 0. The Morgan fingerprint density at radius 2 is 2.10 bits per heavy atom. The number of anilines is 1. The average Bonchev–Trinajstić information content (AvgIpc) is 2.44. The number of nitrogens with two attached hydrogens (primary N) is 1. The summed E-state index contributed by atoms with van der Waals surface area (Å²) in [6.07, 6.45) is 0.598. The number of methoxy groups -OCH3 is 1. The zero-order chi connectivity index (χ0) is 15.8. The molecule has 118 valence electrons. The van der Waals surface area contributed by atoms with Gasteiger partial charge in [0.1, 0.15) is 5.82 Å². The van der Waals surface area contributed by atoms with Crippen molar-refractivity contribution in [2.45, 2.75) is 31.3 Å². The van der Waals surface area contributed by atoms with E-state index in [0.717, 1.165) is 6.42 Å². The summed E-state index contributed by atoms with van der Waals surface area (Å²) in [6.45, 7) is 4.27. The Balaban J connectivity index is 2.34. The van der Waals surface area contributed by atoms with E-state index in [4.69, 9.17) is 10.5 Å². The Morgan fingerprint density at radius 3 is 2.67 bits per heavy atom. The van der Waals surface area contributed by atoms with Gasteiger partial charge in [0.05, 0.1) is 16.7 Å². The molecule has 1 aromatic rings. The molecular formula is C14H21FN2O3S. The van der Waals surface area contributed by atoms with E-state index in [1.54, 1.807) is 7.11 Å². The Kier molecular flexibility index (Phi) is 4.55. The zero-order valence-corrected chi connectivity index (χ0v) is 13.3. The topological polar surface area (TPSA) is 72.6 Å². The van der Waals surface area contributed by atoms with Gasteiger partial charge in [0.2, 0.25) is 10.0 Å². The number of hydrogen-bond donors (Lipinski definition) is 1. The van der Waals surface area contributed by atoms with Gasteiger partial charge in [0.15, 0.2) is 0 Å². The van der Waals surface area contributed by atoms with Crippen molar-refractivity contribution in [1.29, 1.82) is 0 Å². The van der Waals surface area contributed by atoms with Crippen molar-refractivity contribution >= 4 is 15.7 Å². The number of sulfonamides is 1. The predicted octanol–water partition coefficient (Wildman–Crippen LogP) is 1.76. The third-order valence-corrected chi connectivity index (χ3v) is 5.89. The van der Waals surface area contributed by atoms with Gasteiger partial charge >= 0.3 is 0 Å². The van der Waals surface area contributed by atoms with Crippen molar-refractivity contribution in [1.82, 2.24) is 4.31 Å². The van der Waals surface area contributed by atoms with Crippen LogP contribution in [0.2, 0.25) is 0 Å². The van der Waals surface area contributed by atoms with Crippen molar-refractivity contribution in [3.8, 4) is 0 Å². The van der Waals surface area contributed by atoms with E-state index in [-0.39, 0.29) is 22.3 Å². The molecule has 2 N–H and O–H groups in total. The number of piperidine rings is 1. The van der Waals surface area contributed by atoms with E-state index in [9.17, 15) is 12.8 Å². The minimum absolute atomic E-state index is 0.0308. The lowest BCUT2D eigenvalue weighted by Gasteiger charge is -2.35. The van der Waals surface area contributed by atoms with Crippen molar-refractivity contribution < 1.29 is 17.5 Å². The van der Waals surface area contributed by atoms with Crippen molar-refractivity contribution in [3.05, 3.63) is 23.5 Å². The third-order valence-electron chi connectivity index (χ3n) is 4.05. The fraction of sp³-hybridized carbons (Fsp3) is 0.571. The number of nitrogen functional groups attached to an aromatic ring is 1. The standard InChI is InChI=1S/C14H21FN2O3S/c1-9-4-5-17(8-13(9)20-3)21(18,19)11-6-10(2)14(15)12(16)7-11/h6-7,9,13H,4-5,8,16H2,1-3H3. The molecule has 2 unspecified atom stereocenters. The molecule has 0 radical (unpaired) electrons. The Bertz CT molecular complexity index is 610. The number of hydrogen-bond acceptors (Lipinski definition) is 4. The number of halogens is 1. The van der Waals surface area contributed by atoms with Gasteiger partial charge < -0.3 is 10.5 Å². The third kappa shape index (κ3) is 3.04. The molecule has 2 atom stereocenters. The van der Waals surface area contributed by atoms with E-state index >= 15 is 0 Å². The fourth-order valence-electron chi connectivity index (χ4n) is 2.59. The molecule has 1 aliphatic rings. The smallest absolute Gasteiger partial charge is 0.243 e. The highest BCUT2D eigenvalue weighted by atomic mass is 32.2.